The number of hydrogen-bond donors (Lipinski definition) is 2. The van der Waals surface area contributed by atoms with Crippen molar-refractivity contribution in [3.8, 4) is 0 Å². The molecule has 0 atom stereocenters. The molecule has 0 saturated carbocycles. The maximum absolute atomic E-state index is 12.5. The molecule has 3 aromatic rings. The van der Waals surface area contributed by atoms with Gasteiger partial charge in [0.2, 0.25) is 0 Å². The minimum absolute atomic E-state index is 0.0355. The van der Waals surface area contributed by atoms with Gasteiger partial charge in [-0.25, -0.2) is 8.42 Å². The van der Waals surface area contributed by atoms with E-state index in [1.165, 1.54) is 24.3 Å². The molecule has 144 valence electrons. The number of para-hydroxylation sites is 1. The first-order valence-electron chi connectivity index (χ1n) is 8.22. The van der Waals surface area contributed by atoms with Crippen LogP contribution >= 0.6 is 23.4 Å². The predicted molar refractivity (Wildman–Crippen MR) is 115 cm³/mol. The van der Waals surface area contributed by atoms with Gasteiger partial charge in [-0.05, 0) is 66.9 Å². The number of thioether (sulfide) groups is 1. The molecule has 5 nitrogen and oxygen atoms in total. The Hall–Kier alpha value is -2.48. The van der Waals surface area contributed by atoms with E-state index in [0.717, 1.165) is 4.90 Å². The summed E-state index contributed by atoms with van der Waals surface area (Å²) in [6.07, 6.45) is 1.98. The minimum Gasteiger partial charge on any atom is -0.322 e. The molecule has 0 radical (unpaired) electrons. The fourth-order valence-electron chi connectivity index (χ4n) is 2.41. The van der Waals surface area contributed by atoms with Crippen molar-refractivity contribution in [2.75, 3.05) is 16.3 Å². The maximum Gasteiger partial charge on any atom is 0.261 e. The van der Waals surface area contributed by atoms with Gasteiger partial charge in [-0.2, -0.15) is 0 Å². The standard InChI is InChI=1S/C20H17ClN2O3S2/c1-27-16-10-8-15(9-11-16)22-20(24)14-6-12-17(13-7-14)28(25,26)23-19-5-3-2-4-18(19)21/h2-13,23H,1H3,(H,22,24). The smallest absolute Gasteiger partial charge is 0.261 e. The van der Waals surface area contributed by atoms with Gasteiger partial charge in [-0.15, -0.1) is 11.8 Å². The Morgan fingerprint density at radius 1 is 0.929 bits per heavy atom. The van der Waals surface area contributed by atoms with E-state index in [1.54, 1.807) is 36.0 Å². The van der Waals surface area contributed by atoms with Gasteiger partial charge in [0, 0.05) is 16.1 Å². The molecular weight excluding hydrogens is 416 g/mol. The van der Waals surface area contributed by atoms with Crippen LogP contribution in [0.5, 0.6) is 0 Å². The molecule has 0 aliphatic rings. The first-order valence-corrected chi connectivity index (χ1v) is 11.3. The zero-order valence-electron chi connectivity index (χ0n) is 14.8. The average molecular weight is 433 g/mol. The summed E-state index contributed by atoms with van der Waals surface area (Å²) in [4.78, 5) is 13.5. The van der Waals surface area contributed by atoms with Crippen LogP contribution in [0.3, 0.4) is 0 Å². The monoisotopic (exact) mass is 432 g/mol. The number of hydrogen-bond acceptors (Lipinski definition) is 4. The van der Waals surface area contributed by atoms with Gasteiger partial charge in [-0.3, -0.25) is 9.52 Å². The number of carbonyl (C=O) groups excluding carboxylic acids is 1. The summed E-state index contributed by atoms with van der Waals surface area (Å²) < 4.78 is 27.5. The highest BCUT2D eigenvalue weighted by molar-refractivity contribution is 7.98. The van der Waals surface area contributed by atoms with Crippen LogP contribution in [0, 0.1) is 0 Å². The van der Waals surface area contributed by atoms with Crippen molar-refractivity contribution in [2.45, 2.75) is 9.79 Å². The van der Waals surface area contributed by atoms with Crippen molar-refractivity contribution in [2.24, 2.45) is 0 Å². The lowest BCUT2D eigenvalue weighted by Crippen LogP contribution is -2.15. The highest BCUT2D eigenvalue weighted by atomic mass is 35.5. The lowest BCUT2D eigenvalue weighted by Gasteiger charge is -2.10. The largest absolute Gasteiger partial charge is 0.322 e. The van der Waals surface area contributed by atoms with Crippen molar-refractivity contribution < 1.29 is 13.2 Å². The van der Waals surface area contributed by atoms with Crippen LogP contribution in [0.2, 0.25) is 5.02 Å². The predicted octanol–water partition coefficient (Wildman–Crippen LogP) is 5.12. The van der Waals surface area contributed by atoms with Crippen LogP contribution in [0.25, 0.3) is 0 Å². The molecule has 0 aromatic heterocycles. The van der Waals surface area contributed by atoms with Crippen molar-refractivity contribution in [3.05, 3.63) is 83.4 Å². The fraction of sp³-hybridized carbons (Fsp3) is 0.0500. The fourth-order valence-corrected chi connectivity index (χ4v) is 4.14. The van der Waals surface area contributed by atoms with Crippen molar-refractivity contribution in [3.63, 3.8) is 0 Å². The molecule has 3 rings (SSSR count). The van der Waals surface area contributed by atoms with Gasteiger partial charge in [0.05, 0.1) is 15.6 Å². The number of sulfonamides is 1. The first-order chi connectivity index (χ1) is 13.4. The normalized spacial score (nSPS) is 11.1. The van der Waals surface area contributed by atoms with Crippen LogP contribution in [0.4, 0.5) is 11.4 Å². The van der Waals surface area contributed by atoms with E-state index in [2.05, 4.69) is 10.0 Å². The average Bonchev–Trinajstić information content (AvgIpc) is 2.70. The summed E-state index contributed by atoms with van der Waals surface area (Å²) in [6.45, 7) is 0. The first kappa shape index (κ1) is 20.3. The molecule has 1 amide bonds. The van der Waals surface area contributed by atoms with E-state index in [9.17, 15) is 13.2 Å². The molecule has 0 unspecified atom stereocenters. The Balaban J connectivity index is 1.73. The van der Waals surface area contributed by atoms with Crippen LogP contribution in [-0.2, 0) is 10.0 Å². The Morgan fingerprint density at radius 3 is 2.18 bits per heavy atom. The lowest BCUT2D eigenvalue weighted by atomic mass is 10.2. The van der Waals surface area contributed by atoms with Gasteiger partial charge in [0.25, 0.3) is 15.9 Å². The molecule has 8 heteroatoms. The van der Waals surface area contributed by atoms with Crippen LogP contribution in [0.15, 0.2) is 82.6 Å². The Labute approximate surface area is 173 Å². The van der Waals surface area contributed by atoms with Crippen LogP contribution in [0.1, 0.15) is 10.4 Å². The van der Waals surface area contributed by atoms with Gasteiger partial charge in [0.1, 0.15) is 0 Å². The number of halogens is 1. The SMILES string of the molecule is CSc1ccc(NC(=O)c2ccc(S(=O)(=O)Nc3ccccc3Cl)cc2)cc1. The zero-order valence-corrected chi connectivity index (χ0v) is 17.2. The number of rotatable bonds is 6. The second-order valence-electron chi connectivity index (χ2n) is 5.79. The second-order valence-corrected chi connectivity index (χ2v) is 8.76. The topological polar surface area (TPSA) is 75.3 Å². The number of anilines is 2. The summed E-state index contributed by atoms with van der Waals surface area (Å²) in [5, 5.41) is 3.08. The molecule has 0 spiro atoms. The maximum atomic E-state index is 12.5. The van der Waals surface area contributed by atoms with E-state index in [1.807, 2.05) is 30.5 Å². The van der Waals surface area contributed by atoms with E-state index in [4.69, 9.17) is 11.6 Å². The molecule has 0 saturated heterocycles. The van der Waals surface area contributed by atoms with E-state index in [-0.39, 0.29) is 10.8 Å². The molecule has 0 aliphatic carbocycles. The molecular formula is C20H17ClN2O3S2. The van der Waals surface area contributed by atoms with Crippen molar-refractivity contribution in [1.29, 1.82) is 0 Å². The van der Waals surface area contributed by atoms with E-state index < -0.39 is 10.0 Å². The molecule has 0 heterocycles. The summed E-state index contributed by atoms with van der Waals surface area (Å²) >= 11 is 7.61. The van der Waals surface area contributed by atoms with Gasteiger partial charge in [-0.1, -0.05) is 23.7 Å². The molecule has 0 fully saturated rings. The highest BCUT2D eigenvalue weighted by Crippen LogP contribution is 2.24. The summed E-state index contributed by atoms with van der Waals surface area (Å²) in [6, 6.07) is 19.7. The van der Waals surface area contributed by atoms with Gasteiger partial charge in [0.15, 0.2) is 0 Å². The summed E-state index contributed by atoms with van der Waals surface area (Å²) in [7, 11) is -3.81. The highest BCUT2D eigenvalue weighted by Gasteiger charge is 2.16. The number of nitrogens with one attached hydrogen (secondary N) is 2. The Morgan fingerprint density at radius 2 is 1.57 bits per heavy atom. The summed E-state index contributed by atoms with van der Waals surface area (Å²) in [5.41, 5.74) is 1.31. The van der Waals surface area contributed by atoms with Crippen LogP contribution < -0.4 is 10.0 Å². The number of amides is 1. The molecule has 0 bridgehead atoms. The number of benzene rings is 3. The number of carbonyl (C=O) groups is 1. The Kier molecular flexibility index (Phi) is 6.28. The van der Waals surface area contributed by atoms with Crippen molar-refractivity contribution in [1.82, 2.24) is 0 Å². The minimum atomic E-state index is -3.81. The van der Waals surface area contributed by atoms with E-state index >= 15 is 0 Å². The molecule has 3 aromatic carbocycles. The van der Waals surface area contributed by atoms with Gasteiger partial charge >= 0.3 is 0 Å². The molecule has 2 N–H and O–H groups in total. The zero-order chi connectivity index (χ0) is 20.1. The van der Waals surface area contributed by atoms with Crippen LogP contribution in [-0.4, -0.2) is 20.6 Å². The molecule has 0 aliphatic heterocycles. The van der Waals surface area contributed by atoms with Crippen molar-refractivity contribution >= 4 is 50.7 Å². The molecule has 28 heavy (non-hydrogen) atoms. The van der Waals surface area contributed by atoms with Gasteiger partial charge < -0.3 is 5.32 Å². The lowest BCUT2D eigenvalue weighted by molar-refractivity contribution is 0.102. The Bertz CT molecular complexity index is 1080. The third-order valence-corrected chi connectivity index (χ3v) is 6.35. The third kappa shape index (κ3) is 4.86. The third-order valence-electron chi connectivity index (χ3n) is 3.89. The second kappa shape index (κ2) is 8.68. The quantitative estimate of drug-likeness (QED) is 0.530. The van der Waals surface area contributed by atoms with E-state index in [0.29, 0.717) is 22.0 Å². The summed E-state index contributed by atoms with van der Waals surface area (Å²) in [5.74, 6) is -0.320.